The van der Waals surface area contributed by atoms with Gasteiger partial charge in [0.05, 0.1) is 18.5 Å². The molecule has 0 unspecified atom stereocenters. The van der Waals surface area contributed by atoms with Gasteiger partial charge in [0.15, 0.2) is 0 Å². The molecular formula is C15H19N3OS. The molecule has 2 aromatic rings. The molecule has 0 saturated carbocycles. The largest absolute Gasteiger partial charge is 0.493 e. The molecule has 0 amide bonds. The zero-order chi connectivity index (χ0) is 14.4. The Labute approximate surface area is 123 Å². The van der Waals surface area contributed by atoms with E-state index in [-0.39, 0.29) is 0 Å². The normalized spacial score (nSPS) is 11.2. The molecular weight excluding hydrogens is 270 g/mol. The van der Waals surface area contributed by atoms with E-state index in [1.54, 1.807) is 17.6 Å². The molecule has 0 saturated heterocycles. The van der Waals surface area contributed by atoms with Crippen molar-refractivity contribution in [2.24, 2.45) is 11.0 Å². The van der Waals surface area contributed by atoms with Crippen LogP contribution in [0, 0.1) is 12.8 Å². The highest BCUT2D eigenvalue weighted by Crippen LogP contribution is 2.15. The van der Waals surface area contributed by atoms with Crippen molar-refractivity contribution in [3.8, 4) is 5.75 Å². The number of nitrogens with zero attached hydrogens (tertiary/aromatic N) is 2. The first-order valence-corrected chi connectivity index (χ1v) is 7.45. The summed E-state index contributed by atoms with van der Waals surface area (Å²) in [6.07, 6.45) is 1.77. The SMILES string of the molecule is Cc1csc(NN=Cc2ccc(OCC(C)C)cc2)n1. The van der Waals surface area contributed by atoms with Gasteiger partial charge in [-0.05, 0) is 42.7 Å². The molecule has 4 nitrogen and oxygen atoms in total. The van der Waals surface area contributed by atoms with Crippen LogP contribution in [0.5, 0.6) is 5.75 Å². The van der Waals surface area contributed by atoms with Crippen molar-refractivity contribution in [3.05, 3.63) is 40.9 Å². The second kappa shape index (κ2) is 7.05. The van der Waals surface area contributed by atoms with Gasteiger partial charge in [-0.3, -0.25) is 5.43 Å². The van der Waals surface area contributed by atoms with Gasteiger partial charge in [0.1, 0.15) is 5.75 Å². The second-order valence-electron chi connectivity index (χ2n) is 4.94. The van der Waals surface area contributed by atoms with E-state index in [2.05, 4.69) is 29.4 Å². The number of anilines is 1. The van der Waals surface area contributed by atoms with E-state index in [9.17, 15) is 0 Å². The minimum atomic E-state index is 0.530. The lowest BCUT2D eigenvalue weighted by atomic mass is 10.2. The zero-order valence-corrected chi connectivity index (χ0v) is 12.8. The van der Waals surface area contributed by atoms with Crippen molar-refractivity contribution in [1.29, 1.82) is 0 Å². The molecule has 0 aliphatic carbocycles. The van der Waals surface area contributed by atoms with Gasteiger partial charge in [0, 0.05) is 5.38 Å². The van der Waals surface area contributed by atoms with Gasteiger partial charge in [-0.25, -0.2) is 4.98 Å². The minimum Gasteiger partial charge on any atom is -0.493 e. The number of hydrogen-bond acceptors (Lipinski definition) is 5. The number of ether oxygens (including phenoxy) is 1. The van der Waals surface area contributed by atoms with Crippen LogP contribution >= 0.6 is 11.3 Å². The molecule has 1 heterocycles. The fourth-order valence-electron chi connectivity index (χ4n) is 1.48. The number of nitrogens with one attached hydrogen (secondary N) is 1. The average Bonchev–Trinajstić information content (AvgIpc) is 2.83. The summed E-state index contributed by atoms with van der Waals surface area (Å²) in [5.74, 6) is 1.42. The van der Waals surface area contributed by atoms with Crippen LogP contribution in [0.2, 0.25) is 0 Å². The summed E-state index contributed by atoms with van der Waals surface area (Å²) in [5.41, 5.74) is 4.93. The maximum Gasteiger partial charge on any atom is 0.203 e. The molecule has 1 aromatic heterocycles. The minimum absolute atomic E-state index is 0.530. The van der Waals surface area contributed by atoms with E-state index in [0.717, 1.165) is 28.7 Å². The molecule has 1 aromatic carbocycles. The highest BCUT2D eigenvalue weighted by molar-refractivity contribution is 7.13. The summed E-state index contributed by atoms with van der Waals surface area (Å²) in [4.78, 5) is 4.27. The smallest absolute Gasteiger partial charge is 0.203 e. The molecule has 0 aliphatic rings. The van der Waals surface area contributed by atoms with Crippen LogP contribution in [-0.4, -0.2) is 17.8 Å². The first-order chi connectivity index (χ1) is 9.63. The average molecular weight is 289 g/mol. The fraction of sp³-hybridized carbons (Fsp3) is 0.333. The number of hydrazone groups is 1. The Bertz CT molecular complexity index is 561. The van der Waals surface area contributed by atoms with Crippen LogP contribution in [0.3, 0.4) is 0 Å². The Hall–Kier alpha value is -1.88. The predicted octanol–water partition coefficient (Wildman–Crippen LogP) is 3.93. The van der Waals surface area contributed by atoms with E-state index in [1.165, 1.54) is 0 Å². The van der Waals surface area contributed by atoms with Gasteiger partial charge in [-0.15, -0.1) is 11.3 Å². The lowest BCUT2D eigenvalue weighted by molar-refractivity contribution is 0.271. The third kappa shape index (κ3) is 4.66. The number of rotatable bonds is 6. The van der Waals surface area contributed by atoms with Gasteiger partial charge >= 0.3 is 0 Å². The van der Waals surface area contributed by atoms with Crippen LogP contribution in [-0.2, 0) is 0 Å². The first kappa shape index (κ1) is 14.5. The number of hydrogen-bond donors (Lipinski definition) is 1. The summed E-state index contributed by atoms with van der Waals surface area (Å²) in [6, 6.07) is 7.87. The maximum absolute atomic E-state index is 5.63. The van der Waals surface area contributed by atoms with Crippen LogP contribution in [0.1, 0.15) is 25.1 Å². The Morgan fingerprint density at radius 3 is 2.70 bits per heavy atom. The Morgan fingerprint density at radius 2 is 2.10 bits per heavy atom. The van der Waals surface area contributed by atoms with Crippen molar-refractivity contribution < 1.29 is 4.74 Å². The molecule has 0 aliphatic heterocycles. The summed E-state index contributed by atoms with van der Waals surface area (Å²) >= 11 is 1.54. The topological polar surface area (TPSA) is 46.5 Å². The quantitative estimate of drug-likeness (QED) is 0.647. The van der Waals surface area contributed by atoms with Gasteiger partial charge in [-0.2, -0.15) is 5.10 Å². The van der Waals surface area contributed by atoms with Gasteiger partial charge in [0.2, 0.25) is 5.13 Å². The molecule has 20 heavy (non-hydrogen) atoms. The Balaban J connectivity index is 1.86. The molecule has 0 spiro atoms. The lowest BCUT2D eigenvalue weighted by Gasteiger charge is -2.08. The predicted molar refractivity (Wildman–Crippen MR) is 84.8 cm³/mol. The van der Waals surface area contributed by atoms with Crippen molar-refractivity contribution in [1.82, 2.24) is 4.98 Å². The standard InChI is InChI=1S/C15H19N3OS/c1-11(2)9-19-14-6-4-13(5-7-14)8-16-18-15-17-12(3)10-20-15/h4-8,10-11H,9H2,1-3H3,(H,17,18). The van der Waals surface area contributed by atoms with Crippen molar-refractivity contribution in [2.75, 3.05) is 12.0 Å². The highest BCUT2D eigenvalue weighted by Gasteiger charge is 1.97. The molecule has 5 heteroatoms. The van der Waals surface area contributed by atoms with Gasteiger partial charge < -0.3 is 4.74 Å². The number of benzene rings is 1. The molecule has 106 valence electrons. The van der Waals surface area contributed by atoms with Crippen LogP contribution in [0.15, 0.2) is 34.7 Å². The summed E-state index contributed by atoms with van der Waals surface area (Å²) < 4.78 is 5.63. The van der Waals surface area contributed by atoms with Gasteiger partial charge in [-0.1, -0.05) is 13.8 Å². The Morgan fingerprint density at radius 1 is 1.35 bits per heavy atom. The fourth-order valence-corrected chi connectivity index (χ4v) is 2.12. The molecule has 0 bridgehead atoms. The van der Waals surface area contributed by atoms with Gasteiger partial charge in [0.25, 0.3) is 0 Å². The van der Waals surface area contributed by atoms with E-state index >= 15 is 0 Å². The monoisotopic (exact) mass is 289 g/mol. The van der Waals surface area contributed by atoms with E-state index < -0.39 is 0 Å². The Kier molecular flexibility index (Phi) is 5.12. The van der Waals surface area contributed by atoms with Crippen molar-refractivity contribution in [3.63, 3.8) is 0 Å². The zero-order valence-electron chi connectivity index (χ0n) is 12.0. The molecule has 2 rings (SSSR count). The molecule has 0 fully saturated rings. The highest BCUT2D eigenvalue weighted by atomic mass is 32.1. The molecule has 1 N–H and O–H groups in total. The first-order valence-electron chi connectivity index (χ1n) is 6.57. The number of aryl methyl sites for hydroxylation is 1. The number of thiazole rings is 1. The van der Waals surface area contributed by atoms with Crippen LogP contribution < -0.4 is 10.2 Å². The molecule has 0 radical (unpaired) electrons. The summed E-state index contributed by atoms with van der Waals surface area (Å²) in [5, 5.41) is 6.95. The molecule has 0 atom stereocenters. The summed E-state index contributed by atoms with van der Waals surface area (Å²) in [6.45, 7) is 6.96. The maximum atomic E-state index is 5.63. The van der Waals surface area contributed by atoms with Crippen molar-refractivity contribution in [2.45, 2.75) is 20.8 Å². The van der Waals surface area contributed by atoms with Crippen LogP contribution in [0.4, 0.5) is 5.13 Å². The third-order valence-electron chi connectivity index (χ3n) is 2.46. The third-order valence-corrected chi connectivity index (χ3v) is 3.32. The van der Waals surface area contributed by atoms with E-state index in [4.69, 9.17) is 4.74 Å². The van der Waals surface area contributed by atoms with E-state index in [0.29, 0.717) is 5.92 Å². The van der Waals surface area contributed by atoms with Crippen molar-refractivity contribution >= 4 is 22.7 Å². The lowest BCUT2D eigenvalue weighted by Crippen LogP contribution is -2.04. The van der Waals surface area contributed by atoms with Crippen LogP contribution in [0.25, 0.3) is 0 Å². The second-order valence-corrected chi connectivity index (χ2v) is 5.80. The van der Waals surface area contributed by atoms with E-state index in [1.807, 2.05) is 36.6 Å². The summed E-state index contributed by atoms with van der Waals surface area (Å²) in [7, 11) is 0. The number of aromatic nitrogens is 1.